The van der Waals surface area contributed by atoms with E-state index in [0.29, 0.717) is 12.6 Å². The molecule has 2 fully saturated rings. The second-order valence-electron chi connectivity index (χ2n) is 7.17. The molecule has 4 nitrogen and oxygen atoms in total. The van der Waals surface area contributed by atoms with Crippen molar-refractivity contribution in [3.8, 4) is 0 Å². The van der Waals surface area contributed by atoms with Crippen LogP contribution in [0.4, 0.5) is 4.39 Å². The smallest absolute Gasteiger partial charge is 0.227 e. The van der Waals surface area contributed by atoms with E-state index in [4.69, 9.17) is 0 Å². The van der Waals surface area contributed by atoms with Crippen molar-refractivity contribution in [2.24, 2.45) is 5.41 Å². The molecule has 5 heteroatoms. The topological polar surface area (TPSA) is 58.2 Å². The lowest BCUT2D eigenvalue weighted by molar-refractivity contribution is -0.138. The predicted octanol–water partition coefficient (Wildman–Crippen LogP) is 3.06. The fourth-order valence-corrected chi connectivity index (χ4v) is 3.50. The number of nitrogens with one attached hydrogen (secondary N) is 2. The van der Waals surface area contributed by atoms with Crippen molar-refractivity contribution in [1.29, 1.82) is 0 Å². The van der Waals surface area contributed by atoms with Gasteiger partial charge in [0.15, 0.2) is 0 Å². The summed E-state index contributed by atoms with van der Waals surface area (Å²) in [6.45, 7) is 0.366. The molecule has 24 heavy (non-hydrogen) atoms. The van der Waals surface area contributed by atoms with E-state index in [1.807, 2.05) is 0 Å². The van der Waals surface area contributed by atoms with E-state index in [0.717, 1.165) is 50.5 Å². The van der Waals surface area contributed by atoms with Crippen LogP contribution in [0.25, 0.3) is 0 Å². The minimum atomic E-state index is -0.586. The lowest BCUT2D eigenvalue weighted by Gasteiger charge is -2.35. The van der Waals surface area contributed by atoms with E-state index in [1.165, 1.54) is 12.1 Å². The highest BCUT2D eigenvalue weighted by Crippen LogP contribution is 2.40. The Labute approximate surface area is 142 Å². The normalized spacial score (nSPS) is 19.5. The Morgan fingerprint density at radius 3 is 2.38 bits per heavy atom. The van der Waals surface area contributed by atoms with Gasteiger partial charge >= 0.3 is 0 Å². The van der Waals surface area contributed by atoms with Gasteiger partial charge in [0.2, 0.25) is 11.8 Å². The summed E-state index contributed by atoms with van der Waals surface area (Å²) in [6, 6.07) is 6.44. The molecule has 3 rings (SSSR count). The van der Waals surface area contributed by atoms with E-state index in [2.05, 4.69) is 10.6 Å². The monoisotopic (exact) mass is 332 g/mol. The molecule has 0 spiro atoms. The highest BCUT2D eigenvalue weighted by atomic mass is 19.1. The standard InChI is InChI=1S/C19H25FN2O2/c20-15-6-4-14(5-7-15)13-21-18(24)19(10-2-1-3-11-19)12-17(23)22-16-8-9-16/h4-7,16H,1-3,8-13H2,(H,21,24)(H,22,23). The fourth-order valence-electron chi connectivity index (χ4n) is 3.50. The average molecular weight is 332 g/mol. The summed E-state index contributed by atoms with van der Waals surface area (Å²) in [6.07, 6.45) is 7.00. The summed E-state index contributed by atoms with van der Waals surface area (Å²) in [7, 11) is 0. The quantitative estimate of drug-likeness (QED) is 0.841. The van der Waals surface area contributed by atoms with Crippen LogP contribution in [0.1, 0.15) is 56.9 Å². The van der Waals surface area contributed by atoms with Crippen LogP contribution in [-0.4, -0.2) is 17.9 Å². The van der Waals surface area contributed by atoms with Crippen LogP contribution in [0.5, 0.6) is 0 Å². The zero-order valence-corrected chi connectivity index (χ0v) is 13.9. The van der Waals surface area contributed by atoms with Gasteiger partial charge in [-0.1, -0.05) is 31.4 Å². The summed E-state index contributed by atoms with van der Waals surface area (Å²) in [4.78, 5) is 25.1. The largest absolute Gasteiger partial charge is 0.353 e. The van der Waals surface area contributed by atoms with Crippen molar-refractivity contribution < 1.29 is 14.0 Å². The zero-order valence-electron chi connectivity index (χ0n) is 13.9. The van der Waals surface area contributed by atoms with Crippen LogP contribution in [0.15, 0.2) is 24.3 Å². The third-order valence-electron chi connectivity index (χ3n) is 5.10. The van der Waals surface area contributed by atoms with E-state index < -0.39 is 5.41 Å². The maximum Gasteiger partial charge on any atom is 0.227 e. The molecule has 0 saturated heterocycles. The molecule has 0 radical (unpaired) electrons. The van der Waals surface area contributed by atoms with Crippen LogP contribution in [0, 0.1) is 11.2 Å². The van der Waals surface area contributed by atoms with Gasteiger partial charge in [0.25, 0.3) is 0 Å². The molecule has 2 aliphatic carbocycles. The molecule has 0 aliphatic heterocycles. The molecule has 130 valence electrons. The molecule has 2 saturated carbocycles. The van der Waals surface area contributed by atoms with Gasteiger partial charge in [-0.05, 0) is 43.4 Å². The summed E-state index contributed by atoms with van der Waals surface area (Å²) in [5, 5.41) is 5.96. The van der Waals surface area contributed by atoms with E-state index in [-0.39, 0.29) is 24.1 Å². The zero-order chi connectivity index (χ0) is 17.0. The first-order chi connectivity index (χ1) is 11.6. The first-order valence-corrected chi connectivity index (χ1v) is 8.90. The van der Waals surface area contributed by atoms with Gasteiger partial charge < -0.3 is 10.6 Å². The Hall–Kier alpha value is -1.91. The summed E-state index contributed by atoms with van der Waals surface area (Å²) < 4.78 is 13.0. The molecule has 1 aromatic carbocycles. The Kier molecular flexibility index (Phi) is 5.17. The highest BCUT2D eigenvalue weighted by Gasteiger charge is 2.41. The molecular formula is C19H25FN2O2. The first kappa shape index (κ1) is 16.9. The molecular weight excluding hydrogens is 307 g/mol. The molecule has 1 aromatic rings. The molecule has 2 amide bonds. The maximum absolute atomic E-state index is 13.0. The van der Waals surface area contributed by atoms with E-state index in [1.54, 1.807) is 12.1 Å². The summed E-state index contributed by atoms with van der Waals surface area (Å²) in [5.41, 5.74) is 0.273. The predicted molar refractivity (Wildman–Crippen MR) is 89.5 cm³/mol. The second-order valence-corrected chi connectivity index (χ2v) is 7.17. The lowest BCUT2D eigenvalue weighted by atomic mass is 9.71. The maximum atomic E-state index is 13.0. The van der Waals surface area contributed by atoms with Crippen molar-refractivity contribution in [3.05, 3.63) is 35.6 Å². The second kappa shape index (κ2) is 7.32. The number of halogens is 1. The fraction of sp³-hybridized carbons (Fsp3) is 0.579. The molecule has 0 atom stereocenters. The minimum Gasteiger partial charge on any atom is -0.353 e. The van der Waals surface area contributed by atoms with Crippen LogP contribution >= 0.6 is 0 Å². The third kappa shape index (κ3) is 4.34. The van der Waals surface area contributed by atoms with E-state index >= 15 is 0 Å². The van der Waals surface area contributed by atoms with Crippen molar-refractivity contribution in [1.82, 2.24) is 10.6 Å². The summed E-state index contributed by atoms with van der Waals surface area (Å²) in [5.74, 6) is -0.334. The number of hydrogen-bond donors (Lipinski definition) is 2. The molecule has 2 aliphatic rings. The van der Waals surface area contributed by atoms with Gasteiger partial charge in [0.1, 0.15) is 5.82 Å². The number of benzene rings is 1. The van der Waals surface area contributed by atoms with Crippen LogP contribution in [0.2, 0.25) is 0 Å². The van der Waals surface area contributed by atoms with Gasteiger partial charge in [-0.15, -0.1) is 0 Å². The lowest BCUT2D eigenvalue weighted by Crippen LogP contribution is -2.45. The van der Waals surface area contributed by atoms with Crippen molar-refractivity contribution in [3.63, 3.8) is 0 Å². The van der Waals surface area contributed by atoms with Crippen LogP contribution in [0.3, 0.4) is 0 Å². The Morgan fingerprint density at radius 2 is 1.75 bits per heavy atom. The molecule has 2 N–H and O–H groups in total. The van der Waals surface area contributed by atoms with Gasteiger partial charge in [-0.3, -0.25) is 9.59 Å². The number of carbonyl (C=O) groups is 2. The Bertz CT molecular complexity index is 590. The third-order valence-corrected chi connectivity index (χ3v) is 5.10. The molecule has 0 aromatic heterocycles. The molecule has 0 heterocycles. The molecule has 0 bridgehead atoms. The van der Waals surface area contributed by atoms with Crippen molar-refractivity contribution >= 4 is 11.8 Å². The van der Waals surface area contributed by atoms with E-state index in [9.17, 15) is 14.0 Å². The van der Waals surface area contributed by atoms with Gasteiger partial charge in [-0.25, -0.2) is 4.39 Å². The van der Waals surface area contributed by atoms with Gasteiger partial charge in [-0.2, -0.15) is 0 Å². The Balaban J connectivity index is 1.61. The van der Waals surface area contributed by atoms with Gasteiger partial charge in [0.05, 0.1) is 5.41 Å². The van der Waals surface area contributed by atoms with Crippen LogP contribution < -0.4 is 10.6 Å². The molecule has 0 unspecified atom stereocenters. The SMILES string of the molecule is O=C(CC1(C(=O)NCc2ccc(F)cc2)CCCCC1)NC1CC1. The van der Waals surface area contributed by atoms with Gasteiger partial charge in [0, 0.05) is 19.0 Å². The summed E-state index contributed by atoms with van der Waals surface area (Å²) >= 11 is 0. The highest BCUT2D eigenvalue weighted by molar-refractivity contribution is 5.89. The number of amides is 2. The number of rotatable bonds is 6. The number of carbonyl (C=O) groups excluding carboxylic acids is 2. The first-order valence-electron chi connectivity index (χ1n) is 8.90. The van der Waals surface area contributed by atoms with Crippen LogP contribution in [-0.2, 0) is 16.1 Å². The Morgan fingerprint density at radius 1 is 1.08 bits per heavy atom. The number of hydrogen-bond acceptors (Lipinski definition) is 2. The minimum absolute atomic E-state index is 0.00340. The van der Waals surface area contributed by atoms with Crippen molar-refractivity contribution in [2.75, 3.05) is 0 Å². The average Bonchev–Trinajstić information content (AvgIpc) is 3.38. The van der Waals surface area contributed by atoms with Crippen molar-refractivity contribution in [2.45, 2.75) is 64.0 Å².